The van der Waals surface area contributed by atoms with Crippen molar-refractivity contribution in [3.63, 3.8) is 0 Å². The molecule has 0 amide bonds. The molecule has 1 fully saturated rings. The molecule has 2 heterocycles. The van der Waals surface area contributed by atoms with Crippen LogP contribution in [0.5, 0.6) is 0 Å². The second-order valence-corrected chi connectivity index (χ2v) is 8.67. The van der Waals surface area contributed by atoms with Crippen LogP contribution in [0.15, 0.2) is 84.9 Å². The Morgan fingerprint density at radius 3 is 2.79 bits per heavy atom. The molecular weight excluding hydrogens is 418 g/mol. The van der Waals surface area contributed by atoms with Crippen LogP contribution in [0.3, 0.4) is 0 Å². The molecule has 4 rings (SSSR count). The highest BCUT2D eigenvalue weighted by molar-refractivity contribution is 6.29. The van der Waals surface area contributed by atoms with Gasteiger partial charge in [-0.3, -0.25) is 14.8 Å². The van der Waals surface area contributed by atoms with Gasteiger partial charge < -0.3 is 5.41 Å². The maximum absolute atomic E-state index is 13.2. The average molecular weight is 450 g/mol. The standard InChI is InChI=1S/C30H31N3O/c1-3-5-6-12-25(24-16-17-32-20-27(24)30(34)26-19-21(26)4-2)28(31)13-9-10-22-15-18-33-29-14-8-7-11-23(22)29/h4,7-9,11-18,20,26,31H,3,5-6,10,19H2,1-2H3/b13-9-,21-4+,25-12+,31-28?. The van der Waals surface area contributed by atoms with E-state index in [0.717, 1.165) is 47.7 Å². The first kappa shape index (κ1) is 23.5. The number of rotatable bonds is 10. The highest BCUT2D eigenvalue weighted by atomic mass is 16.1. The Morgan fingerprint density at radius 2 is 2.00 bits per heavy atom. The number of carbonyl (C=O) groups excluding carboxylic acids is 1. The van der Waals surface area contributed by atoms with Crippen LogP contribution < -0.4 is 0 Å². The van der Waals surface area contributed by atoms with Crippen LogP contribution >= 0.6 is 0 Å². The van der Waals surface area contributed by atoms with Gasteiger partial charge in [-0.05, 0) is 61.6 Å². The van der Waals surface area contributed by atoms with Gasteiger partial charge in [-0.2, -0.15) is 0 Å². The SMILES string of the molecule is C/C=C1\CC1C(=O)c1cnccc1/C(=C\CCCC)C(=N)/C=C\Cc1ccnc2ccccc12. The van der Waals surface area contributed by atoms with E-state index in [4.69, 9.17) is 5.41 Å². The second kappa shape index (κ2) is 11.0. The number of hydrogen-bond donors (Lipinski definition) is 1. The first-order valence-corrected chi connectivity index (χ1v) is 12.1. The topological polar surface area (TPSA) is 66.7 Å². The maximum atomic E-state index is 13.2. The molecule has 1 saturated carbocycles. The van der Waals surface area contributed by atoms with Crippen molar-refractivity contribution >= 4 is 28.0 Å². The first-order chi connectivity index (χ1) is 16.6. The number of unbranched alkanes of at least 4 members (excludes halogenated alkanes) is 2. The zero-order valence-corrected chi connectivity index (χ0v) is 19.9. The number of ketones is 1. The van der Waals surface area contributed by atoms with Crippen LogP contribution in [0.25, 0.3) is 16.5 Å². The molecule has 3 aromatic rings. The molecule has 0 spiro atoms. The van der Waals surface area contributed by atoms with Crippen LogP contribution in [0.1, 0.15) is 61.0 Å². The van der Waals surface area contributed by atoms with Crippen molar-refractivity contribution in [3.8, 4) is 0 Å². The molecule has 0 radical (unpaired) electrons. The molecule has 1 N–H and O–H groups in total. The molecule has 4 nitrogen and oxygen atoms in total. The van der Waals surface area contributed by atoms with Crippen molar-refractivity contribution in [2.45, 2.75) is 46.0 Å². The van der Waals surface area contributed by atoms with Gasteiger partial charge in [-0.1, -0.05) is 61.8 Å². The fourth-order valence-corrected chi connectivity index (χ4v) is 4.31. The minimum atomic E-state index is -0.0328. The van der Waals surface area contributed by atoms with Crippen molar-refractivity contribution < 1.29 is 4.79 Å². The van der Waals surface area contributed by atoms with Gasteiger partial charge >= 0.3 is 0 Å². The Kier molecular flexibility index (Phi) is 7.58. The summed E-state index contributed by atoms with van der Waals surface area (Å²) in [6.45, 7) is 4.14. The van der Waals surface area contributed by atoms with E-state index in [1.807, 2.05) is 61.7 Å². The first-order valence-electron chi connectivity index (χ1n) is 12.1. The molecule has 2 aromatic heterocycles. The van der Waals surface area contributed by atoms with Crippen LogP contribution in [-0.2, 0) is 6.42 Å². The highest BCUT2D eigenvalue weighted by Gasteiger charge is 2.37. The van der Waals surface area contributed by atoms with E-state index in [-0.39, 0.29) is 11.7 Å². The molecule has 172 valence electrons. The Morgan fingerprint density at radius 1 is 1.15 bits per heavy atom. The summed E-state index contributed by atoms with van der Waals surface area (Å²) in [4.78, 5) is 21.8. The van der Waals surface area contributed by atoms with Crippen LogP contribution in [0.2, 0.25) is 0 Å². The molecule has 0 bridgehead atoms. The number of allylic oxidation sites excluding steroid dienone is 6. The zero-order valence-electron chi connectivity index (χ0n) is 19.9. The van der Waals surface area contributed by atoms with Crippen molar-refractivity contribution in [2.24, 2.45) is 5.92 Å². The predicted octanol–water partition coefficient (Wildman–Crippen LogP) is 7.17. The number of para-hydroxylation sites is 1. The average Bonchev–Trinajstić information content (AvgIpc) is 3.66. The number of carbonyl (C=O) groups is 1. The molecule has 1 aliphatic carbocycles. The fraction of sp³-hybridized carbons (Fsp3) is 0.267. The van der Waals surface area contributed by atoms with Gasteiger partial charge in [0.15, 0.2) is 5.78 Å². The molecule has 1 unspecified atom stereocenters. The second-order valence-electron chi connectivity index (χ2n) is 8.67. The Bertz CT molecular complexity index is 1290. The minimum absolute atomic E-state index is 0.0328. The van der Waals surface area contributed by atoms with E-state index >= 15 is 0 Å². The van der Waals surface area contributed by atoms with Crippen LogP contribution in [-0.4, -0.2) is 21.5 Å². The van der Waals surface area contributed by atoms with Crippen LogP contribution in [0, 0.1) is 11.3 Å². The number of nitrogens with zero attached hydrogens (tertiary/aromatic N) is 2. The summed E-state index contributed by atoms with van der Waals surface area (Å²) in [5.41, 5.74) is 5.99. The summed E-state index contributed by atoms with van der Waals surface area (Å²) in [5.74, 6) is 0.0761. The molecule has 0 saturated heterocycles. The summed E-state index contributed by atoms with van der Waals surface area (Å²) >= 11 is 0. The van der Waals surface area contributed by atoms with Crippen molar-refractivity contribution in [1.29, 1.82) is 5.41 Å². The van der Waals surface area contributed by atoms with E-state index in [9.17, 15) is 4.79 Å². The largest absolute Gasteiger partial charge is 0.300 e. The van der Waals surface area contributed by atoms with E-state index < -0.39 is 0 Å². The summed E-state index contributed by atoms with van der Waals surface area (Å²) in [6, 6.07) is 12.0. The molecule has 1 atom stereocenters. The van der Waals surface area contributed by atoms with Gasteiger partial charge in [0.25, 0.3) is 0 Å². The Balaban J connectivity index is 1.60. The molecule has 4 heteroatoms. The predicted molar refractivity (Wildman–Crippen MR) is 140 cm³/mol. The molecule has 1 aromatic carbocycles. The number of fused-ring (bicyclic) bond motifs is 1. The monoisotopic (exact) mass is 449 g/mol. The number of Topliss-reactive ketones (excluding diaryl/α,β-unsaturated/α-hetero) is 1. The summed E-state index contributed by atoms with van der Waals surface area (Å²) < 4.78 is 0. The quantitative estimate of drug-likeness (QED) is 0.154. The van der Waals surface area contributed by atoms with Gasteiger partial charge in [0.1, 0.15) is 0 Å². The van der Waals surface area contributed by atoms with Crippen LogP contribution in [0.4, 0.5) is 0 Å². The number of hydrogen-bond acceptors (Lipinski definition) is 4. The lowest BCUT2D eigenvalue weighted by Gasteiger charge is -2.12. The Labute approximate surface area is 201 Å². The molecule has 0 aliphatic heterocycles. The van der Waals surface area contributed by atoms with E-state index in [1.54, 1.807) is 12.4 Å². The third-order valence-corrected chi connectivity index (χ3v) is 6.35. The third-order valence-electron chi connectivity index (χ3n) is 6.35. The van der Waals surface area contributed by atoms with E-state index in [0.29, 0.717) is 17.7 Å². The van der Waals surface area contributed by atoms with Crippen molar-refractivity contribution in [3.05, 3.63) is 102 Å². The maximum Gasteiger partial charge on any atom is 0.172 e. The smallest absolute Gasteiger partial charge is 0.172 e. The lowest BCUT2D eigenvalue weighted by Crippen LogP contribution is -2.09. The van der Waals surface area contributed by atoms with E-state index in [1.165, 1.54) is 11.1 Å². The number of nitrogens with one attached hydrogen (secondary N) is 1. The molecular formula is C30H31N3O. The number of aromatic nitrogens is 2. The summed E-state index contributed by atoms with van der Waals surface area (Å²) in [7, 11) is 0. The summed E-state index contributed by atoms with van der Waals surface area (Å²) in [5, 5.41) is 10.0. The third kappa shape index (κ3) is 5.28. The van der Waals surface area contributed by atoms with Gasteiger partial charge in [-0.15, -0.1) is 0 Å². The Hall–Kier alpha value is -3.66. The van der Waals surface area contributed by atoms with E-state index in [2.05, 4.69) is 29.0 Å². The van der Waals surface area contributed by atoms with Gasteiger partial charge in [-0.25, -0.2) is 0 Å². The fourth-order valence-electron chi connectivity index (χ4n) is 4.31. The number of pyridine rings is 2. The van der Waals surface area contributed by atoms with Gasteiger partial charge in [0, 0.05) is 41.0 Å². The summed E-state index contributed by atoms with van der Waals surface area (Å²) in [6.07, 6.45) is 17.8. The normalized spacial score (nSPS) is 16.9. The van der Waals surface area contributed by atoms with Crippen molar-refractivity contribution in [1.82, 2.24) is 9.97 Å². The van der Waals surface area contributed by atoms with Gasteiger partial charge in [0.2, 0.25) is 0 Å². The van der Waals surface area contributed by atoms with Gasteiger partial charge in [0.05, 0.1) is 11.2 Å². The van der Waals surface area contributed by atoms with Crippen molar-refractivity contribution in [2.75, 3.05) is 0 Å². The molecule has 34 heavy (non-hydrogen) atoms. The lowest BCUT2D eigenvalue weighted by molar-refractivity contribution is 0.0972. The lowest BCUT2D eigenvalue weighted by atomic mass is 9.92. The highest BCUT2D eigenvalue weighted by Crippen LogP contribution is 2.41. The number of benzene rings is 1. The molecule has 1 aliphatic rings. The minimum Gasteiger partial charge on any atom is -0.300 e. The zero-order chi connectivity index (χ0) is 23.9.